The first-order valence-corrected chi connectivity index (χ1v) is 34.3. The van der Waals surface area contributed by atoms with E-state index < -0.39 is 225 Å². The monoisotopic (exact) mass is 1460 g/mol. The van der Waals surface area contributed by atoms with Gasteiger partial charge in [0.15, 0.2) is 0 Å². The standard InChI is InChI=1S/C68H93N11O25/c1-4-35(2)57(77-65(100)51-13-8-28-78(51)66(101)44(24-27-54(87)88)72-60(95)46(31-38-14-18-40(81)19-15-38)75-63(98)48(33-55(89)90)69-36(3)80)67(102)79-29-9-12-50(79)64(99)71-43(23-26-53(85)86)58(93)70-42(22-25-52(83)84)59(94)73-47(32-39-16-20-41(82)21-17-39)61(96)74-45(30-37-10-6-5-7-11-37)62(97)76-49(68(103)104)34-56(91)92/h14-21,35,37,42-51,57,81-82H,4-13,22-34H2,1-3H3,(H,69,80)(H,70,93)(H,71,99)(H,72,95)(H,73,94)(H,74,96)(H,75,98)(H,76,97)(H,77,100)(H,83,84)(H,85,86)(H,87,88)(H,89,90)(H,91,92)(H,103,104)/t35-,42+,43+,44+,45+,46+,47+,48+,49+,50+,51+,57+/m1/s1. The number of benzene rings is 2. The maximum atomic E-state index is 14.9. The summed E-state index contributed by atoms with van der Waals surface area (Å²) in [5.41, 5.74) is 0.644. The summed E-state index contributed by atoms with van der Waals surface area (Å²) in [6.07, 6.45) is -2.64. The molecule has 570 valence electrons. The molecule has 1 saturated carbocycles. The van der Waals surface area contributed by atoms with E-state index in [1.807, 2.05) is 0 Å². The van der Waals surface area contributed by atoms with Crippen LogP contribution < -0.4 is 47.9 Å². The zero-order valence-electron chi connectivity index (χ0n) is 57.8. The van der Waals surface area contributed by atoms with Gasteiger partial charge in [0.1, 0.15) is 78.0 Å². The molecule has 2 aromatic carbocycles. The molecule has 5 rings (SSSR count). The molecule has 3 aliphatic rings. The van der Waals surface area contributed by atoms with Crippen molar-refractivity contribution in [3.05, 3.63) is 59.7 Å². The van der Waals surface area contributed by atoms with Crippen LogP contribution in [0.3, 0.4) is 0 Å². The second-order valence-corrected chi connectivity index (χ2v) is 26.2. The van der Waals surface area contributed by atoms with Crippen molar-refractivity contribution < 1.29 is 122 Å². The van der Waals surface area contributed by atoms with E-state index in [0.29, 0.717) is 24.0 Å². The third-order valence-corrected chi connectivity index (χ3v) is 18.3. The number of nitrogens with one attached hydrogen (secondary N) is 9. The lowest BCUT2D eigenvalue weighted by Gasteiger charge is -2.34. The molecular formula is C68H93N11O25. The van der Waals surface area contributed by atoms with E-state index in [0.717, 1.165) is 36.0 Å². The van der Waals surface area contributed by atoms with Gasteiger partial charge in [-0.05, 0) is 98.6 Å². The van der Waals surface area contributed by atoms with Gasteiger partial charge in [-0.25, -0.2) is 4.79 Å². The number of likely N-dealkylation sites (tertiary alicyclic amines) is 2. The van der Waals surface area contributed by atoms with Crippen LogP contribution in [0.2, 0.25) is 0 Å². The molecule has 2 aliphatic heterocycles. The average Bonchev–Trinajstić information content (AvgIpc) is 1.60. The molecule has 2 saturated heterocycles. The van der Waals surface area contributed by atoms with E-state index in [-0.39, 0.29) is 81.9 Å². The molecule has 2 aromatic rings. The molecule has 3 fully saturated rings. The number of phenols is 2. The third kappa shape index (κ3) is 26.8. The van der Waals surface area contributed by atoms with E-state index in [2.05, 4.69) is 47.9 Å². The summed E-state index contributed by atoms with van der Waals surface area (Å²) in [5.74, 6) is -21.4. The first-order chi connectivity index (χ1) is 49.1. The Morgan fingerprint density at radius 2 is 0.788 bits per heavy atom. The Hall–Kier alpha value is -11.0. The number of hydrogen-bond donors (Lipinski definition) is 17. The predicted octanol–water partition coefficient (Wildman–Crippen LogP) is -1.11. The minimum absolute atomic E-state index is 0.00706. The van der Waals surface area contributed by atoms with Gasteiger partial charge in [0.2, 0.25) is 65.0 Å². The van der Waals surface area contributed by atoms with Crippen LogP contribution in [0.4, 0.5) is 0 Å². The number of amides is 11. The molecule has 104 heavy (non-hydrogen) atoms. The average molecular weight is 1460 g/mol. The van der Waals surface area contributed by atoms with Crippen LogP contribution in [0, 0.1) is 11.8 Å². The van der Waals surface area contributed by atoms with E-state index >= 15 is 0 Å². The molecule has 0 unspecified atom stereocenters. The van der Waals surface area contributed by atoms with Gasteiger partial charge in [0.05, 0.1) is 12.8 Å². The van der Waals surface area contributed by atoms with Crippen LogP contribution in [0.1, 0.15) is 154 Å². The molecule has 0 bridgehead atoms. The highest BCUT2D eigenvalue weighted by atomic mass is 16.4. The number of carboxylic acids is 6. The number of carbonyl (C=O) groups is 17. The lowest BCUT2D eigenvalue weighted by Crippen LogP contribution is -2.61. The summed E-state index contributed by atoms with van der Waals surface area (Å²) in [5, 5.41) is 99.7. The lowest BCUT2D eigenvalue weighted by molar-refractivity contribution is -0.147. The minimum Gasteiger partial charge on any atom is -0.508 e. The molecule has 2 heterocycles. The Balaban J connectivity index is 1.37. The number of phenolic OH excluding ortho intramolecular Hbond substituents is 2. The number of rotatable bonds is 41. The molecule has 0 aromatic heterocycles. The van der Waals surface area contributed by atoms with E-state index in [4.69, 9.17) is 0 Å². The molecular weight excluding hydrogens is 1370 g/mol. The summed E-state index contributed by atoms with van der Waals surface area (Å²) in [4.78, 5) is 229. The summed E-state index contributed by atoms with van der Waals surface area (Å²) in [6.45, 7) is 4.12. The highest BCUT2D eigenvalue weighted by Crippen LogP contribution is 2.29. The maximum absolute atomic E-state index is 14.9. The first-order valence-electron chi connectivity index (χ1n) is 34.3. The predicted molar refractivity (Wildman–Crippen MR) is 360 cm³/mol. The number of nitrogens with zero attached hydrogens (tertiary/aromatic N) is 2. The van der Waals surface area contributed by atoms with E-state index in [1.165, 1.54) is 48.5 Å². The molecule has 11 amide bonds. The molecule has 17 N–H and O–H groups in total. The maximum Gasteiger partial charge on any atom is 0.326 e. The molecule has 12 atom stereocenters. The Morgan fingerprint density at radius 1 is 0.413 bits per heavy atom. The van der Waals surface area contributed by atoms with Crippen molar-refractivity contribution in [2.45, 2.75) is 222 Å². The lowest BCUT2D eigenvalue weighted by atomic mass is 9.84. The minimum atomic E-state index is -1.91. The fourth-order valence-corrected chi connectivity index (χ4v) is 12.6. The fraction of sp³-hybridized carbons (Fsp3) is 0.574. The van der Waals surface area contributed by atoms with Gasteiger partial charge in [0.25, 0.3) is 0 Å². The fourth-order valence-electron chi connectivity index (χ4n) is 12.6. The van der Waals surface area contributed by atoms with Gasteiger partial charge in [-0.3, -0.25) is 76.7 Å². The molecule has 0 radical (unpaired) electrons. The highest BCUT2D eigenvalue weighted by molar-refractivity contribution is 6.00. The van der Waals surface area contributed by atoms with Crippen LogP contribution in [0.15, 0.2) is 48.5 Å². The topological polar surface area (TPSA) is 567 Å². The van der Waals surface area contributed by atoms with Crippen LogP contribution in [0.5, 0.6) is 11.5 Å². The SMILES string of the molecule is CC[C@@H](C)[C@H](NC(=O)[C@@H]1CCCN1C(=O)[C@H](CCC(=O)O)NC(=O)[C@H](Cc1ccc(O)cc1)NC(=O)[C@H](CC(=O)O)NC(C)=O)C(=O)N1CCC[C@H]1C(=O)N[C@@H](CCC(=O)O)C(=O)N[C@@H](CCC(=O)O)C(=O)N[C@@H](Cc1ccc(O)cc1)C(=O)N[C@@H](CC1CCCCC1)C(=O)N[C@@H](CC(=O)O)C(=O)O. The highest BCUT2D eigenvalue weighted by Gasteiger charge is 2.45. The van der Waals surface area contributed by atoms with Crippen molar-refractivity contribution >= 4 is 101 Å². The number of aromatic hydroxyl groups is 2. The van der Waals surface area contributed by atoms with Gasteiger partial charge in [0, 0.05) is 52.1 Å². The summed E-state index contributed by atoms with van der Waals surface area (Å²) < 4.78 is 0. The van der Waals surface area contributed by atoms with Crippen molar-refractivity contribution in [1.29, 1.82) is 0 Å². The van der Waals surface area contributed by atoms with Gasteiger partial charge in [-0.1, -0.05) is 76.6 Å². The van der Waals surface area contributed by atoms with Crippen LogP contribution in [0.25, 0.3) is 0 Å². The zero-order valence-corrected chi connectivity index (χ0v) is 57.8. The zero-order chi connectivity index (χ0) is 77.1. The van der Waals surface area contributed by atoms with E-state index in [1.54, 1.807) is 13.8 Å². The summed E-state index contributed by atoms with van der Waals surface area (Å²) in [6, 6.07) is -7.32. The summed E-state index contributed by atoms with van der Waals surface area (Å²) >= 11 is 0. The Kier molecular flexibility index (Phi) is 32.7. The number of carboxylic acid groups (broad SMARTS) is 6. The van der Waals surface area contributed by atoms with Gasteiger partial charge in [-0.2, -0.15) is 0 Å². The van der Waals surface area contributed by atoms with Crippen molar-refractivity contribution in [3.8, 4) is 11.5 Å². The molecule has 0 spiro atoms. The van der Waals surface area contributed by atoms with Gasteiger partial charge in [-0.15, -0.1) is 0 Å². The van der Waals surface area contributed by atoms with Gasteiger partial charge >= 0.3 is 35.8 Å². The summed E-state index contributed by atoms with van der Waals surface area (Å²) in [7, 11) is 0. The third-order valence-electron chi connectivity index (χ3n) is 18.3. The van der Waals surface area contributed by atoms with Crippen molar-refractivity contribution in [2.24, 2.45) is 11.8 Å². The van der Waals surface area contributed by atoms with Crippen LogP contribution >= 0.6 is 0 Å². The van der Waals surface area contributed by atoms with Crippen LogP contribution in [-0.4, -0.2) is 231 Å². The molecule has 36 nitrogen and oxygen atoms in total. The number of carbonyl (C=O) groups excluding carboxylic acids is 11. The molecule has 1 aliphatic carbocycles. The smallest absolute Gasteiger partial charge is 0.326 e. The quantitative estimate of drug-likeness (QED) is 0.0375. The normalized spacial score (nSPS) is 17.9. The Morgan fingerprint density at radius 3 is 1.23 bits per heavy atom. The second-order valence-electron chi connectivity index (χ2n) is 26.2. The van der Waals surface area contributed by atoms with Crippen molar-refractivity contribution in [2.75, 3.05) is 13.1 Å². The van der Waals surface area contributed by atoms with Crippen molar-refractivity contribution in [1.82, 2.24) is 57.7 Å². The molecule has 36 heteroatoms. The van der Waals surface area contributed by atoms with E-state index in [9.17, 15) is 122 Å². The van der Waals surface area contributed by atoms with Crippen LogP contribution in [-0.2, 0) is 94.3 Å². The van der Waals surface area contributed by atoms with Crippen molar-refractivity contribution in [3.63, 3.8) is 0 Å². The number of hydrogen-bond acceptors (Lipinski definition) is 19. The Bertz CT molecular complexity index is 3440. The first kappa shape index (κ1) is 83.7. The largest absolute Gasteiger partial charge is 0.508 e. The Labute approximate surface area is 596 Å². The number of aliphatic carboxylic acids is 6. The van der Waals surface area contributed by atoms with Gasteiger partial charge < -0.3 is 98.5 Å². The second kappa shape index (κ2) is 40.6.